The number of esters is 1. The third kappa shape index (κ3) is 3.99. The molecule has 0 aromatic heterocycles. The minimum atomic E-state index is -0.261. The van der Waals surface area contributed by atoms with Crippen LogP contribution in [-0.2, 0) is 9.53 Å². The molecule has 0 rings (SSSR count). The molecule has 0 heterocycles. The van der Waals surface area contributed by atoms with E-state index in [4.69, 9.17) is 0 Å². The summed E-state index contributed by atoms with van der Waals surface area (Å²) in [6.07, 6.45) is -0.0188. The highest BCUT2D eigenvalue weighted by Crippen LogP contribution is 1.89. The molecule has 0 atom stereocenters. The fourth-order valence-electron chi connectivity index (χ4n) is 0.300. The van der Waals surface area contributed by atoms with Crippen molar-refractivity contribution in [1.82, 2.24) is 0 Å². The lowest BCUT2D eigenvalue weighted by Gasteiger charge is -2.03. The van der Waals surface area contributed by atoms with Gasteiger partial charge in [0.25, 0.3) is 0 Å². The maximum Gasteiger partial charge on any atom is 0.315 e. The van der Waals surface area contributed by atoms with Crippen LogP contribution in [0.25, 0.3) is 0 Å². The van der Waals surface area contributed by atoms with Gasteiger partial charge in [-0.1, -0.05) is 0 Å². The number of ether oxygens (including phenoxy) is 1. The van der Waals surface area contributed by atoms with Crippen LogP contribution in [0.5, 0.6) is 0 Å². The summed E-state index contributed by atoms with van der Waals surface area (Å²) >= 11 is 3.72. The molecular weight excluding hydrogens is 124 g/mol. The molecule has 0 amide bonds. The summed E-state index contributed by atoms with van der Waals surface area (Å²) < 4.78 is 4.68. The second-order valence-electron chi connectivity index (χ2n) is 1.70. The Labute approximate surface area is 54.6 Å². The fraction of sp³-hybridized carbons (Fsp3) is 0.800. The molecule has 0 aromatic carbocycles. The van der Waals surface area contributed by atoms with Crippen molar-refractivity contribution in [1.29, 1.82) is 0 Å². The Morgan fingerprint density at radius 2 is 2.25 bits per heavy atom. The molecular formula is C5H10O2S. The quantitative estimate of drug-likeness (QED) is 0.448. The summed E-state index contributed by atoms with van der Waals surface area (Å²) in [4.78, 5) is 10.3. The first-order valence-corrected chi connectivity index (χ1v) is 3.10. The summed E-state index contributed by atoms with van der Waals surface area (Å²) in [6, 6.07) is 0. The van der Waals surface area contributed by atoms with Crippen molar-refractivity contribution in [3.8, 4) is 0 Å². The highest BCUT2D eigenvalue weighted by molar-refractivity contribution is 7.81. The zero-order chi connectivity index (χ0) is 6.57. The smallest absolute Gasteiger partial charge is 0.315 e. The minimum absolute atomic E-state index is 0.0188. The molecule has 0 bridgehead atoms. The Bertz CT molecular complexity index is 80.5. The molecule has 0 radical (unpaired) electrons. The van der Waals surface area contributed by atoms with E-state index in [1.807, 2.05) is 0 Å². The number of rotatable bonds is 2. The second kappa shape index (κ2) is 3.78. The van der Waals surface area contributed by atoms with Gasteiger partial charge in [0.1, 0.15) is 0 Å². The first-order chi connectivity index (χ1) is 3.66. The van der Waals surface area contributed by atoms with Gasteiger partial charge in [-0.3, -0.25) is 4.79 Å². The Morgan fingerprint density at radius 3 is 2.38 bits per heavy atom. The van der Waals surface area contributed by atoms with E-state index in [-0.39, 0.29) is 17.8 Å². The van der Waals surface area contributed by atoms with Crippen molar-refractivity contribution in [2.24, 2.45) is 0 Å². The van der Waals surface area contributed by atoms with Crippen molar-refractivity contribution in [3.05, 3.63) is 0 Å². The number of hydrogen-bond acceptors (Lipinski definition) is 3. The van der Waals surface area contributed by atoms with Crippen LogP contribution >= 0.6 is 12.6 Å². The molecule has 0 spiro atoms. The van der Waals surface area contributed by atoms with Crippen LogP contribution in [0.2, 0.25) is 0 Å². The highest BCUT2D eigenvalue weighted by Gasteiger charge is 1.99. The van der Waals surface area contributed by atoms with E-state index in [9.17, 15) is 4.79 Å². The molecule has 0 aliphatic carbocycles. The minimum Gasteiger partial charge on any atom is -0.462 e. The largest absolute Gasteiger partial charge is 0.462 e. The average molecular weight is 134 g/mol. The second-order valence-corrected chi connectivity index (χ2v) is 2.01. The molecule has 0 aromatic rings. The topological polar surface area (TPSA) is 26.3 Å². The van der Waals surface area contributed by atoms with E-state index in [1.165, 1.54) is 0 Å². The average Bonchev–Trinajstić information content (AvgIpc) is 1.65. The number of thiol groups is 1. The Kier molecular flexibility index (Phi) is 3.69. The molecule has 0 fully saturated rings. The molecule has 0 N–H and O–H groups in total. The SMILES string of the molecule is CC(C)OC(=O)CS. The Morgan fingerprint density at radius 1 is 1.75 bits per heavy atom. The summed E-state index contributed by atoms with van der Waals surface area (Å²) in [6.45, 7) is 3.61. The summed E-state index contributed by atoms with van der Waals surface area (Å²) in [5.41, 5.74) is 0. The summed E-state index contributed by atoms with van der Waals surface area (Å²) in [7, 11) is 0. The summed E-state index contributed by atoms with van der Waals surface area (Å²) in [5, 5.41) is 0. The van der Waals surface area contributed by atoms with Gasteiger partial charge >= 0.3 is 5.97 Å². The van der Waals surface area contributed by atoms with Crippen LogP contribution in [-0.4, -0.2) is 17.8 Å². The molecule has 8 heavy (non-hydrogen) atoms. The lowest BCUT2D eigenvalue weighted by Crippen LogP contribution is -2.11. The molecule has 0 unspecified atom stereocenters. The van der Waals surface area contributed by atoms with E-state index < -0.39 is 0 Å². The molecule has 0 saturated heterocycles. The zero-order valence-electron chi connectivity index (χ0n) is 5.05. The van der Waals surface area contributed by atoms with Crippen molar-refractivity contribution in [2.75, 3.05) is 5.75 Å². The Balaban J connectivity index is 3.25. The molecule has 48 valence electrons. The van der Waals surface area contributed by atoms with E-state index in [2.05, 4.69) is 17.4 Å². The predicted molar refractivity (Wildman–Crippen MR) is 35.1 cm³/mol. The van der Waals surface area contributed by atoms with E-state index in [1.54, 1.807) is 13.8 Å². The third-order valence-corrected chi connectivity index (χ3v) is 0.754. The van der Waals surface area contributed by atoms with Crippen LogP contribution in [0, 0.1) is 0 Å². The monoisotopic (exact) mass is 134 g/mol. The van der Waals surface area contributed by atoms with Gasteiger partial charge in [0.15, 0.2) is 0 Å². The first kappa shape index (κ1) is 7.82. The van der Waals surface area contributed by atoms with Gasteiger partial charge in [0.05, 0.1) is 11.9 Å². The lowest BCUT2D eigenvalue weighted by molar-refractivity contribution is -0.143. The number of carbonyl (C=O) groups excluding carboxylic acids is 1. The number of carbonyl (C=O) groups is 1. The molecule has 0 aliphatic heterocycles. The van der Waals surface area contributed by atoms with E-state index in [0.717, 1.165) is 0 Å². The summed E-state index contributed by atoms with van der Waals surface area (Å²) in [5.74, 6) is -0.0959. The van der Waals surface area contributed by atoms with Crippen LogP contribution in [0.15, 0.2) is 0 Å². The van der Waals surface area contributed by atoms with Crippen molar-refractivity contribution < 1.29 is 9.53 Å². The van der Waals surface area contributed by atoms with Crippen molar-refractivity contribution in [3.63, 3.8) is 0 Å². The Hall–Kier alpha value is -0.180. The van der Waals surface area contributed by atoms with Gasteiger partial charge in [0.2, 0.25) is 0 Å². The first-order valence-electron chi connectivity index (χ1n) is 2.47. The van der Waals surface area contributed by atoms with E-state index >= 15 is 0 Å². The normalized spacial score (nSPS) is 9.50. The van der Waals surface area contributed by atoms with Crippen LogP contribution in [0.4, 0.5) is 0 Å². The standard InChI is InChI=1S/C5H10O2S/c1-4(2)7-5(6)3-8/h4,8H,3H2,1-2H3. The van der Waals surface area contributed by atoms with Crippen LogP contribution in [0.3, 0.4) is 0 Å². The lowest BCUT2D eigenvalue weighted by atomic mass is 10.5. The van der Waals surface area contributed by atoms with Crippen molar-refractivity contribution >= 4 is 18.6 Å². The van der Waals surface area contributed by atoms with Gasteiger partial charge in [-0.05, 0) is 13.8 Å². The maximum atomic E-state index is 10.3. The number of hydrogen-bond donors (Lipinski definition) is 1. The van der Waals surface area contributed by atoms with E-state index in [0.29, 0.717) is 0 Å². The highest BCUT2D eigenvalue weighted by atomic mass is 32.1. The maximum absolute atomic E-state index is 10.3. The molecule has 3 heteroatoms. The van der Waals surface area contributed by atoms with Crippen LogP contribution in [0.1, 0.15) is 13.8 Å². The molecule has 0 saturated carbocycles. The zero-order valence-corrected chi connectivity index (χ0v) is 5.94. The molecule has 2 nitrogen and oxygen atoms in total. The predicted octanol–water partition coefficient (Wildman–Crippen LogP) is 0.868. The third-order valence-electron chi connectivity index (χ3n) is 0.496. The molecule has 0 aliphatic rings. The fourth-order valence-corrected chi connectivity index (χ4v) is 0.375. The van der Waals surface area contributed by atoms with Crippen molar-refractivity contribution in [2.45, 2.75) is 20.0 Å². The van der Waals surface area contributed by atoms with Gasteiger partial charge in [-0.2, -0.15) is 12.6 Å². The van der Waals surface area contributed by atoms with Gasteiger partial charge in [-0.15, -0.1) is 0 Å². The van der Waals surface area contributed by atoms with Gasteiger partial charge in [0, 0.05) is 0 Å². The van der Waals surface area contributed by atoms with Gasteiger partial charge < -0.3 is 4.74 Å². The van der Waals surface area contributed by atoms with Crippen LogP contribution < -0.4 is 0 Å². The van der Waals surface area contributed by atoms with Gasteiger partial charge in [-0.25, -0.2) is 0 Å².